The number of hydrogen-bond acceptors (Lipinski definition) is 4. The summed E-state index contributed by atoms with van der Waals surface area (Å²) < 4.78 is 16.5. The monoisotopic (exact) mass is 315 g/mol. The van der Waals surface area contributed by atoms with Crippen molar-refractivity contribution in [3.05, 3.63) is 0 Å². The highest BCUT2D eigenvalue weighted by molar-refractivity contribution is 5.79. The zero-order valence-electron chi connectivity index (χ0n) is 14.2. The number of aliphatic imine (C=N–C) groups is 1. The molecule has 0 spiro atoms. The minimum Gasteiger partial charge on any atom is -0.382 e. The van der Waals surface area contributed by atoms with Gasteiger partial charge in [0.25, 0.3) is 0 Å². The molecule has 0 saturated carbocycles. The summed E-state index contributed by atoms with van der Waals surface area (Å²) in [6.07, 6.45) is 5.76. The van der Waals surface area contributed by atoms with Gasteiger partial charge in [-0.2, -0.15) is 0 Å². The van der Waals surface area contributed by atoms with E-state index in [-0.39, 0.29) is 0 Å². The third-order valence-electron chi connectivity index (χ3n) is 3.52. The molecule has 22 heavy (non-hydrogen) atoms. The van der Waals surface area contributed by atoms with Gasteiger partial charge in [-0.25, -0.2) is 0 Å². The molecule has 0 aliphatic carbocycles. The third kappa shape index (κ3) is 9.97. The minimum atomic E-state index is 0.319. The Kier molecular flexibility index (Phi) is 12.0. The molecule has 1 heterocycles. The number of unbranched alkanes of at least 4 members (excludes halogenated alkanes) is 1. The van der Waals surface area contributed by atoms with Gasteiger partial charge in [-0.3, -0.25) is 4.99 Å². The van der Waals surface area contributed by atoms with Crippen LogP contribution in [0.2, 0.25) is 0 Å². The molecular formula is C16H33N3O3. The van der Waals surface area contributed by atoms with E-state index in [1.165, 1.54) is 6.42 Å². The van der Waals surface area contributed by atoms with Gasteiger partial charge >= 0.3 is 0 Å². The molecule has 1 fully saturated rings. The van der Waals surface area contributed by atoms with Crippen molar-refractivity contribution >= 4 is 5.96 Å². The summed E-state index contributed by atoms with van der Waals surface area (Å²) in [5.74, 6) is 0.857. The molecule has 1 unspecified atom stereocenters. The van der Waals surface area contributed by atoms with Gasteiger partial charge in [0.1, 0.15) is 0 Å². The second-order valence-electron chi connectivity index (χ2n) is 5.39. The van der Waals surface area contributed by atoms with E-state index in [0.29, 0.717) is 6.10 Å². The highest BCUT2D eigenvalue weighted by Crippen LogP contribution is 2.11. The van der Waals surface area contributed by atoms with Gasteiger partial charge < -0.3 is 24.8 Å². The van der Waals surface area contributed by atoms with E-state index in [1.54, 1.807) is 7.05 Å². The van der Waals surface area contributed by atoms with Gasteiger partial charge in [0.2, 0.25) is 0 Å². The lowest BCUT2D eigenvalue weighted by molar-refractivity contribution is 0.0168. The molecule has 0 bridgehead atoms. The van der Waals surface area contributed by atoms with Crippen LogP contribution in [0.5, 0.6) is 0 Å². The molecule has 1 aliphatic rings. The molecule has 1 aliphatic heterocycles. The Hall–Kier alpha value is -0.850. The molecule has 0 aromatic heterocycles. The highest BCUT2D eigenvalue weighted by Gasteiger charge is 2.14. The van der Waals surface area contributed by atoms with Crippen LogP contribution in [0.25, 0.3) is 0 Å². The van der Waals surface area contributed by atoms with Crippen LogP contribution >= 0.6 is 0 Å². The van der Waals surface area contributed by atoms with Gasteiger partial charge in [0.05, 0.1) is 12.7 Å². The Morgan fingerprint density at radius 3 is 2.59 bits per heavy atom. The van der Waals surface area contributed by atoms with E-state index in [0.717, 1.165) is 77.8 Å². The average Bonchev–Trinajstić information content (AvgIpc) is 3.05. The maximum atomic E-state index is 5.63. The summed E-state index contributed by atoms with van der Waals surface area (Å²) >= 11 is 0. The molecule has 6 heteroatoms. The maximum Gasteiger partial charge on any atom is 0.190 e. The van der Waals surface area contributed by atoms with Crippen LogP contribution in [0, 0.1) is 0 Å². The quantitative estimate of drug-likeness (QED) is 0.325. The predicted molar refractivity (Wildman–Crippen MR) is 89.5 cm³/mol. The Morgan fingerprint density at radius 2 is 1.91 bits per heavy atom. The molecule has 1 rings (SSSR count). The van der Waals surface area contributed by atoms with Gasteiger partial charge in [-0.15, -0.1) is 0 Å². The zero-order chi connectivity index (χ0) is 15.9. The van der Waals surface area contributed by atoms with Crippen LogP contribution in [0.3, 0.4) is 0 Å². The van der Waals surface area contributed by atoms with Crippen LogP contribution < -0.4 is 10.6 Å². The molecule has 1 atom stereocenters. The first-order chi connectivity index (χ1) is 10.9. The number of rotatable bonds is 12. The summed E-state index contributed by atoms with van der Waals surface area (Å²) in [4.78, 5) is 4.21. The van der Waals surface area contributed by atoms with Gasteiger partial charge in [0.15, 0.2) is 5.96 Å². The number of nitrogens with one attached hydrogen (secondary N) is 2. The van der Waals surface area contributed by atoms with Gasteiger partial charge in [-0.1, -0.05) is 0 Å². The summed E-state index contributed by atoms with van der Waals surface area (Å²) in [5.41, 5.74) is 0. The first-order valence-corrected chi connectivity index (χ1v) is 8.58. The van der Waals surface area contributed by atoms with E-state index in [1.807, 2.05) is 6.92 Å². The molecule has 0 amide bonds. The third-order valence-corrected chi connectivity index (χ3v) is 3.52. The Bertz CT molecular complexity index is 282. The van der Waals surface area contributed by atoms with Crippen molar-refractivity contribution in [1.29, 1.82) is 0 Å². The van der Waals surface area contributed by atoms with Crippen molar-refractivity contribution in [2.75, 3.05) is 53.2 Å². The molecule has 0 aromatic carbocycles. The standard InChI is InChI=1S/C16H33N3O3/c1-3-20-11-5-4-9-18-16(17-2)19-10-7-12-21-14-15-8-6-13-22-15/h15H,3-14H2,1-2H3,(H2,17,18,19). The summed E-state index contributed by atoms with van der Waals surface area (Å²) in [6, 6.07) is 0. The van der Waals surface area contributed by atoms with E-state index >= 15 is 0 Å². The maximum absolute atomic E-state index is 5.63. The first-order valence-electron chi connectivity index (χ1n) is 8.58. The molecule has 0 radical (unpaired) electrons. The minimum absolute atomic E-state index is 0.319. The van der Waals surface area contributed by atoms with Crippen LogP contribution in [0.1, 0.15) is 39.0 Å². The topological polar surface area (TPSA) is 64.1 Å². The first kappa shape index (κ1) is 19.2. The van der Waals surface area contributed by atoms with Crippen LogP contribution in [0.4, 0.5) is 0 Å². The highest BCUT2D eigenvalue weighted by atomic mass is 16.5. The molecule has 0 aromatic rings. The fraction of sp³-hybridized carbons (Fsp3) is 0.938. The Balaban J connectivity index is 1.88. The number of nitrogens with zero attached hydrogens (tertiary/aromatic N) is 1. The van der Waals surface area contributed by atoms with Gasteiger partial charge in [0, 0.05) is 46.6 Å². The SMILES string of the molecule is CCOCCCCNC(=NC)NCCCOCC1CCCO1. The zero-order valence-corrected chi connectivity index (χ0v) is 14.2. The summed E-state index contributed by atoms with van der Waals surface area (Å²) in [5, 5.41) is 6.60. The van der Waals surface area contributed by atoms with E-state index < -0.39 is 0 Å². The normalized spacial score (nSPS) is 18.6. The molecule has 130 valence electrons. The van der Waals surface area contributed by atoms with Crippen molar-refractivity contribution in [1.82, 2.24) is 10.6 Å². The fourth-order valence-corrected chi connectivity index (χ4v) is 2.27. The number of hydrogen-bond donors (Lipinski definition) is 2. The van der Waals surface area contributed by atoms with Gasteiger partial charge in [-0.05, 0) is 39.0 Å². The van der Waals surface area contributed by atoms with Crippen molar-refractivity contribution in [2.24, 2.45) is 4.99 Å². The van der Waals surface area contributed by atoms with Crippen LogP contribution in [-0.4, -0.2) is 65.2 Å². The largest absolute Gasteiger partial charge is 0.382 e. The van der Waals surface area contributed by atoms with Crippen LogP contribution in [0.15, 0.2) is 4.99 Å². The molecule has 6 nitrogen and oxygen atoms in total. The molecular weight excluding hydrogens is 282 g/mol. The molecule has 2 N–H and O–H groups in total. The summed E-state index contributed by atoms with van der Waals surface area (Å²) in [7, 11) is 1.80. The predicted octanol–water partition coefficient (Wildman–Crippen LogP) is 1.55. The second-order valence-corrected chi connectivity index (χ2v) is 5.39. The second kappa shape index (κ2) is 13.8. The number of guanidine groups is 1. The molecule has 1 saturated heterocycles. The summed E-state index contributed by atoms with van der Waals surface area (Å²) in [6.45, 7) is 7.83. The smallest absolute Gasteiger partial charge is 0.190 e. The Labute approximate surface area is 135 Å². The van der Waals surface area contributed by atoms with Crippen molar-refractivity contribution in [2.45, 2.75) is 45.1 Å². The van der Waals surface area contributed by atoms with Crippen molar-refractivity contribution < 1.29 is 14.2 Å². The Morgan fingerprint density at radius 1 is 1.14 bits per heavy atom. The lowest BCUT2D eigenvalue weighted by Crippen LogP contribution is -2.38. The van der Waals surface area contributed by atoms with Crippen molar-refractivity contribution in [3.8, 4) is 0 Å². The van der Waals surface area contributed by atoms with E-state index in [4.69, 9.17) is 14.2 Å². The van der Waals surface area contributed by atoms with E-state index in [2.05, 4.69) is 15.6 Å². The number of ether oxygens (including phenoxy) is 3. The lowest BCUT2D eigenvalue weighted by atomic mass is 10.2. The van der Waals surface area contributed by atoms with Crippen LogP contribution in [-0.2, 0) is 14.2 Å². The lowest BCUT2D eigenvalue weighted by Gasteiger charge is -2.13. The average molecular weight is 315 g/mol. The fourth-order valence-electron chi connectivity index (χ4n) is 2.27. The van der Waals surface area contributed by atoms with Crippen molar-refractivity contribution in [3.63, 3.8) is 0 Å². The van der Waals surface area contributed by atoms with E-state index in [9.17, 15) is 0 Å².